The van der Waals surface area contributed by atoms with Gasteiger partial charge in [-0.05, 0) is 50.7 Å². The van der Waals surface area contributed by atoms with E-state index in [1.165, 1.54) is 11.4 Å². The van der Waals surface area contributed by atoms with Crippen molar-refractivity contribution in [1.29, 1.82) is 0 Å². The lowest BCUT2D eigenvalue weighted by molar-refractivity contribution is -0.137. The Morgan fingerprint density at radius 2 is 1.88 bits per heavy atom. The molecular weight excluding hydrogens is 365 g/mol. The zero-order valence-corrected chi connectivity index (χ0v) is 15.0. The molecule has 0 bridgehead atoms. The summed E-state index contributed by atoms with van der Waals surface area (Å²) in [5.74, 6) is 0. The van der Waals surface area contributed by atoms with E-state index in [1.807, 2.05) is 6.92 Å². The molecule has 136 valence electrons. The summed E-state index contributed by atoms with van der Waals surface area (Å²) >= 11 is 5.56. The van der Waals surface area contributed by atoms with Crippen LogP contribution in [0.15, 0.2) is 23.1 Å². The van der Waals surface area contributed by atoms with Crippen LogP contribution in [0.4, 0.5) is 13.2 Å². The van der Waals surface area contributed by atoms with Crippen LogP contribution in [0.1, 0.15) is 25.3 Å². The first-order valence-corrected chi connectivity index (χ1v) is 9.46. The van der Waals surface area contributed by atoms with Crippen molar-refractivity contribution in [3.05, 3.63) is 28.8 Å². The Morgan fingerprint density at radius 3 is 2.38 bits per heavy atom. The molecule has 4 nitrogen and oxygen atoms in total. The van der Waals surface area contributed by atoms with E-state index in [-0.39, 0.29) is 10.9 Å². The summed E-state index contributed by atoms with van der Waals surface area (Å²) in [5, 5.41) is -0.514. The first-order valence-electron chi connectivity index (χ1n) is 7.64. The molecule has 0 N–H and O–H groups in total. The summed E-state index contributed by atoms with van der Waals surface area (Å²) in [6, 6.07) is 2.48. The molecule has 1 aliphatic rings. The number of piperidine rings is 1. The second kappa shape index (κ2) is 7.19. The summed E-state index contributed by atoms with van der Waals surface area (Å²) in [4.78, 5) is 1.82. The minimum absolute atomic E-state index is 0.220. The maximum Gasteiger partial charge on any atom is 0.417 e. The average Bonchev–Trinajstić information content (AvgIpc) is 2.53. The number of rotatable bonds is 4. The molecule has 1 saturated heterocycles. The molecule has 1 heterocycles. The van der Waals surface area contributed by atoms with Gasteiger partial charge in [0.2, 0.25) is 10.0 Å². The Hall–Kier alpha value is -0.830. The van der Waals surface area contributed by atoms with Gasteiger partial charge in [-0.25, -0.2) is 8.42 Å². The number of sulfonamides is 1. The van der Waals surface area contributed by atoms with Gasteiger partial charge in [0.15, 0.2) is 0 Å². The van der Waals surface area contributed by atoms with Crippen LogP contribution in [0.5, 0.6) is 0 Å². The number of likely N-dealkylation sites (tertiary alicyclic amines) is 1. The van der Waals surface area contributed by atoms with Gasteiger partial charge in [0.1, 0.15) is 0 Å². The van der Waals surface area contributed by atoms with Crippen molar-refractivity contribution in [2.24, 2.45) is 0 Å². The molecule has 0 amide bonds. The van der Waals surface area contributed by atoms with E-state index < -0.39 is 26.8 Å². The van der Waals surface area contributed by atoms with Crippen molar-refractivity contribution in [1.82, 2.24) is 9.21 Å². The maximum absolute atomic E-state index is 13.0. The van der Waals surface area contributed by atoms with Gasteiger partial charge in [-0.2, -0.15) is 17.5 Å². The molecule has 0 aliphatic carbocycles. The zero-order valence-electron chi connectivity index (χ0n) is 13.5. The minimum Gasteiger partial charge on any atom is -0.303 e. The van der Waals surface area contributed by atoms with Crippen LogP contribution >= 0.6 is 11.6 Å². The average molecular weight is 385 g/mol. The third kappa shape index (κ3) is 4.04. The van der Waals surface area contributed by atoms with Crippen molar-refractivity contribution in [3.63, 3.8) is 0 Å². The van der Waals surface area contributed by atoms with Gasteiger partial charge in [0.25, 0.3) is 0 Å². The highest BCUT2D eigenvalue weighted by atomic mass is 35.5. The number of nitrogens with zero attached hydrogens (tertiary/aromatic N) is 2. The monoisotopic (exact) mass is 384 g/mol. The number of alkyl halides is 3. The van der Waals surface area contributed by atoms with Crippen molar-refractivity contribution in [2.45, 2.75) is 36.9 Å². The van der Waals surface area contributed by atoms with E-state index in [4.69, 9.17) is 11.6 Å². The Morgan fingerprint density at radius 1 is 1.29 bits per heavy atom. The SMILES string of the molecule is CCN1CCC(N(C)S(=O)(=O)c2ccc(Cl)c(C(F)(F)F)c2)CC1. The van der Waals surface area contributed by atoms with Gasteiger partial charge in [-0.15, -0.1) is 0 Å². The van der Waals surface area contributed by atoms with E-state index in [9.17, 15) is 21.6 Å². The van der Waals surface area contributed by atoms with E-state index in [1.54, 1.807) is 0 Å². The molecule has 24 heavy (non-hydrogen) atoms. The fourth-order valence-electron chi connectivity index (χ4n) is 2.84. The van der Waals surface area contributed by atoms with E-state index in [0.29, 0.717) is 18.9 Å². The predicted octanol–water partition coefficient (Wildman–Crippen LogP) is 3.46. The van der Waals surface area contributed by atoms with Gasteiger partial charge >= 0.3 is 6.18 Å². The van der Waals surface area contributed by atoms with Crippen molar-refractivity contribution >= 4 is 21.6 Å². The van der Waals surface area contributed by atoms with E-state index >= 15 is 0 Å². The van der Waals surface area contributed by atoms with Crippen LogP contribution < -0.4 is 0 Å². The third-order valence-electron chi connectivity index (χ3n) is 4.44. The van der Waals surface area contributed by atoms with Crippen LogP contribution in [-0.4, -0.2) is 50.3 Å². The Bertz CT molecular complexity index is 686. The Kier molecular flexibility index (Phi) is 5.84. The zero-order chi connectivity index (χ0) is 18.1. The number of hydrogen-bond donors (Lipinski definition) is 0. The van der Waals surface area contributed by atoms with Crippen molar-refractivity contribution in [2.75, 3.05) is 26.7 Å². The largest absolute Gasteiger partial charge is 0.417 e. The van der Waals surface area contributed by atoms with E-state index in [0.717, 1.165) is 31.8 Å². The quantitative estimate of drug-likeness (QED) is 0.798. The lowest BCUT2D eigenvalue weighted by Crippen LogP contribution is -2.45. The number of halogens is 4. The standard InChI is InChI=1S/C15H20ClF3N2O2S/c1-3-21-8-6-11(7-9-21)20(2)24(22,23)12-4-5-14(16)13(10-12)15(17,18)19/h4-5,10-11H,3,6-9H2,1-2H3. The molecule has 0 radical (unpaired) electrons. The van der Waals surface area contributed by atoms with Crippen LogP contribution in [-0.2, 0) is 16.2 Å². The summed E-state index contributed by atoms with van der Waals surface area (Å²) in [7, 11) is -2.59. The fraction of sp³-hybridized carbons (Fsp3) is 0.600. The maximum atomic E-state index is 13.0. The first kappa shape index (κ1) is 19.5. The Balaban J connectivity index is 2.27. The molecule has 0 atom stereocenters. The topological polar surface area (TPSA) is 40.6 Å². The summed E-state index contributed by atoms with van der Waals surface area (Å²) in [6.45, 7) is 4.48. The molecule has 1 aliphatic heterocycles. The second-order valence-electron chi connectivity index (χ2n) is 5.83. The molecule has 1 fully saturated rings. The highest BCUT2D eigenvalue weighted by Crippen LogP contribution is 2.36. The van der Waals surface area contributed by atoms with Gasteiger partial charge < -0.3 is 4.90 Å². The highest BCUT2D eigenvalue weighted by Gasteiger charge is 2.36. The van der Waals surface area contributed by atoms with Gasteiger partial charge in [-0.3, -0.25) is 0 Å². The van der Waals surface area contributed by atoms with Gasteiger partial charge in [0, 0.05) is 13.1 Å². The normalized spacial score (nSPS) is 18.3. The molecule has 0 aromatic heterocycles. The van der Waals surface area contributed by atoms with Gasteiger partial charge in [-0.1, -0.05) is 18.5 Å². The summed E-state index contributed by atoms with van der Waals surface area (Å²) < 4.78 is 65.4. The fourth-order valence-corrected chi connectivity index (χ4v) is 4.51. The number of hydrogen-bond acceptors (Lipinski definition) is 3. The van der Waals surface area contributed by atoms with Crippen LogP contribution in [0.3, 0.4) is 0 Å². The lowest BCUT2D eigenvalue weighted by Gasteiger charge is -2.35. The smallest absolute Gasteiger partial charge is 0.303 e. The first-order chi connectivity index (χ1) is 11.1. The molecular formula is C15H20ClF3N2O2S. The molecule has 1 aromatic rings. The summed E-state index contributed by atoms with van der Waals surface area (Å²) in [6.07, 6.45) is -3.39. The van der Waals surface area contributed by atoms with Crippen molar-refractivity contribution in [3.8, 4) is 0 Å². The molecule has 9 heteroatoms. The summed E-state index contributed by atoms with van der Waals surface area (Å²) in [5.41, 5.74) is -1.14. The lowest BCUT2D eigenvalue weighted by atomic mass is 10.1. The van der Waals surface area contributed by atoms with Gasteiger partial charge in [0.05, 0.1) is 15.5 Å². The number of benzene rings is 1. The highest BCUT2D eigenvalue weighted by molar-refractivity contribution is 7.89. The van der Waals surface area contributed by atoms with Crippen LogP contribution in [0.2, 0.25) is 5.02 Å². The Labute approximate surface area is 145 Å². The molecule has 0 unspecified atom stereocenters. The minimum atomic E-state index is -4.70. The van der Waals surface area contributed by atoms with Crippen LogP contribution in [0, 0.1) is 0 Å². The molecule has 0 saturated carbocycles. The predicted molar refractivity (Wildman–Crippen MR) is 86.5 cm³/mol. The van der Waals surface area contributed by atoms with E-state index in [2.05, 4.69) is 4.90 Å². The van der Waals surface area contributed by atoms with Crippen molar-refractivity contribution < 1.29 is 21.6 Å². The van der Waals surface area contributed by atoms with Crippen LogP contribution in [0.25, 0.3) is 0 Å². The second-order valence-corrected chi connectivity index (χ2v) is 8.23. The molecule has 2 rings (SSSR count). The molecule has 0 spiro atoms. The third-order valence-corrected chi connectivity index (χ3v) is 6.67. The molecule has 1 aromatic carbocycles.